The molecule has 0 atom stereocenters. The smallest absolute Gasteiger partial charge is 0.180 e. The Hall–Kier alpha value is -0.610. The van der Waals surface area contributed by atoms with E-state index in [1.165, 1.54) is 49.9 Å². The lowest BCUT2D eigenvalue weighted by atomic mass is 9.67. The summed E-state index contributed by atoms with van der Waals surface area (Å²) in [6.45, 7) is 0. The minimum atomic E-state index is -0.650. The number of anilines is 1. The molecule has 2 aliphatic rings. The van der Waals surface area contributed by atoms with Crippen LogP contribution >= 0.6 is 11.3 Å². The summed E-state index contributed by atoms with van der Waals surface area (Å²) < 4.78 is 0. The lowest BCUT2D eigenvalue weighted by molar-refractivity contribution is -0.0349. The average molecular weight is 252 g/mol. The van der Waals surface area contributed by atoms with Gasteiger partial charge in [-0.05, 0) is 43.9 Å². The molecule has 3 nitrogen and oxygen atoms in total. The van der Waals surface area contributed by atoms with Gasteiger partial charge in [-0.2, -0.15) is 0 Å². The molecule has 94 valence electrons. The average Bonchev–Trinajstić information content (AvgIpc) is 2.94. The normalized spacial score (nSPS) is 26.4. The van der Waals surface area contributed by atoms with Crippen LogP contribution in [0.5, 0.6) is 0 Å². The van der Waals surface area contributed by atoms with Crippen molar-refractivity contribution < 1.29 is 5.11 Å². The Morgan fingerprint density at radius 2 is 1.76 bits per heavy atom. The Bertz CT molecular complexity index is 399. The number of aliphatic hydroxyl groups is 1. The highest BCUT2D eigenvalue weighted by molar-refractivity contribution is 7.15. The van der Waals surface area contributed by atoms with E-state index in [1.807, 2.05) is 0 Å². The van der Waals surface area contributed by atoms with E-state index >= 15 is 0 Å². The highest BCUT2D eigenvalue weighted by Gasteiger charge is 2.44. The van der Waals surface area contributed by atoms with E-state index in [2.05, 4.69) is 4.98 Å². The topological polar surface area (TPSA) is 59.1 Å². The first-order valence-electron chi connectivity index (χ1n) is 6.56. The SMILES string of the molecule is Nc1ncc(C2(O)CCC3(CCCC3)CC2)s1. The minimum Gasteiger partial charge on any atom is -0.384 e. The van der Waals surface area contributed by atoms with Gasteiger partial charge >= 0.3 is 0 Å². The van der Waals surface area contributed by atoms with Crippen molar-refractivity contribution in [1.29, 1.82) is 0 Å². The van der Waals surface area contributed by atoms with Gasteiger partial charge < -0.3 is 10.8 Å². The van der Waals surface area contributed by atoms with Gasteiger partial charge in [-0.3, -0.25) is 0 Å². The van der Waals surface area contributed by atoms with Crippen LogP contribution in [0.3, 0.4) is 0 Å². The molecule has 4 heteroatoms. The number of hydrogen-bond acceptors (Lipinski definition) is 4. The largest absolute Gasteiger partial charge is 0.384 e. The van der Waals surface area contributed by atoms with Crippen LogP contribution in [-0.4, -0.2) is 10.1 Å². The second-order valence-electron chi connectivity index (χ2n) is 5.80. The number of nitrogen functional groups attached to an aromatic ring is 1. The van der Waals surface area contributed by atoms with Gasteiger partial charge in [-0.25, -0.2) is 4.98 Å². The highest BCUT2D eigenvalue weighted by Crippen LogP contribution is 2.54. The summed E-state index contributed by atoms with van der Waals surface area (Å²) in [4.78, 5) is 5.02. The van der Waals surface area contributed by atoms with Crippen LogP contribution < -0.4 is 5.73 Å². The summed E-state index contributed by atoms with van der Waals surface area (Å²) in [5.74, 6) is 0. The molecule has 0 aliphatic heterocycles. The second kappa shape index (κ2) is 3.95. The molecular weight excluding hydrogens is 232 g/mol. The molecule has 0 bridgehead atoms. The zero-order valence-electron chi connectivity index (χ0n) is 10.1. The Morgan fingerprint density at radius 3 is 2.29 bits per heavy atom. The third-order valence-electron chi connectivity index (χ3n) is 4.78. The van der Waals surface area contributed by atoms with E-state index < -0.39 is 5.60 Å². The summed E-state index contributed by atoms with van der Waals surface area (Å²) in [6.07, 6.45) is 11.4. The zero-order valence-corrected chi connectivity index (χ0v) is 10.9. The Balaban J connectivity index is 1.75. The highest BCUT2D eigenvalue weighted by atomic mass is 32.1. The monoisotopic (exact) mass is 252 g/mol. The van der Waals surface area contributed by atoms with Crippen molar-refractivity contribution in [2.24, 2.45) is 5.41 Å². The predicted octanol–water partition coefficient (Wildman–Crippen LogP) is 3.05. The van der Waals surface area contributed by atoms with Crippen LogP contribution in [-0.2, 0) is 5.60 Å². The van der Waals surface area contributed by atoms with Gasteiger partial charge in [-0.15, -0.1) is 0 Å². The fourth-order valence-electron chi connectivity index (χ4n) is 3.57. The summed E-state index contributed by atoms with van der Waals surface area (Å²) >= 11 is 1.44. The first kappa shape index (κ1) is 11.5. The molecule has 2 aliphatic carbocycles. The van der Waals surface area contributed by atoms with Crippen LogP contribution in [0.4, 0.5) is 5.13 Å². The van der Waals surface area contributed by atoms with Crippen molar-refractivity contribution in [2.75, 3.05) is 5.73 Å². The quantitative estimate of drug-likeness (QED) is 0.807. The molecule has 0 unspecified atom stereocenters. The van der Waals surface area contributed by atoms with Crippen LogP contribution in [0.2, 0.25) is 0 Å². The standard InChI is InChI=1S/C13H20N2OS/c14-11-15-9-10(17-11)13(16)7-5-12(6-8-13)3-1-2-4-12/h9,16H,1-8H2,(H2,14,15). The summed E-state index contributed by atoms with van der Waals surface area (Å²) in [6, 6.07) is 0. The first-order chi connectivity index (χ1) is 8.12. The molecule has 1 spiro atoms. The number of hydrogen-bond donors (Lipinski definition) is 2. The molecule has 0 saturated heterocycles. The van der Waals surface area contributed by atoms with Crippen molar-refractivity contribution >= 4 is 16.5 Å². The minimum absolute atomic E-state index is 0.558. The van der Waals surface area contributed by atoms with E-state index in [-0.39, 0.29) is 0 Å². The maximum absolute atomic E-state index is 10.7. The number of nitrogens with zero attached hydrogens (tertiary/aromatic N) is 1. The van der Waals surface area contributed by atoms with Gasteiger partial charge in [0.1, 0.15) is 5.60 Å². The number of rotatable bonds is 1. The summed E-state index contributed by atoms with van der Waals surface area (Å²) in [5, 5.41) is 11.3. The van der Waals surface area contributed by atoms with E-state index in [0.717, 1.165) is 17.7 Å². The Kier molecular flexibility index (Phi) is 2.67. The van der Waals surface area contributed by atoms with Crippen LogP contribution in [0.25, 0.3) is 0 Å². The number of nitrogens with two attached hydrogens (primary N) is 1. The van der Waals surface area contributed by atoms with Crippen molar-refractivity contribution in [3.63, 3.8) is 0 Å². The summed E-state index contributed by atoms with van der Waals surface area (Å²) in [5.41, 5.74) is 5.56. The number of thiazole rings is 1. The molecule has 2 saturated carbocycles. The fourth-order valence-corrected chi connectivity index (χ4v) is 4.40. The van der Waals surface area contributed by atoms with E-state index in [0.29, 0.717) is 10.5 Å². The lowest BCUT2D eigenvalue weighted by Gasteiger charge is -2.41. The van der Waals surface area contributed by atoms with Crippen LogP contribution in [0.1, 0.15) is 56.2 Å². The second-order valence-corrected chi connectivity index (χ2v) is 6.86. The molecule has 0 amide bonds. The first-order valence-corrected chi connectivity index (χ1v) is 7.38. The third kappa shape index (κ3) is 1.97. The molecule has 3 rings (SSSR count). The van der Waals surface area contributed by atoms with Crippen LogP contribution in [0.15, 0.2) is 6.20 Å². The maximum atomic E-state index is 10.7. The number of aromatic nitrogens is 1. The Morgan fingerprint density at radius 1 is 1.12 bits per heavy atom. The van der Waals surface area contributed by atoms with Crippen molar-refractivity contribution in [3.05, 3.63) is 11.1 Å². The fraction of sp³-hybridized carbons (Fsp3) is 0.769. The molecular formula is C13H20N2OS. The van der Waals surface area contributed by atoms with Gasteiger partial charge in [0, 0.05) is 6.20 Å². The maximum Gasteiger partial charge on any atom is 0.180 e. The molecule has 0 aromatic carbocycles. The molecule has 0 radical (unpaired) electrons. The Labute approximate surface area is 106 Å². The molecule has 17 heavy (non-hydrogen) atoms. The molecule has 1 aromatic heterocycles. The molecule has 1 heterocycles. The predicted molar refractivity (Wildman–Crippen MR) is 69.8 cm³/mol. The van der Waals surface area contributed by atoms with E-state index in [4.69, 9.17) is 5.73 Å². The van der Waals surface area contributed by atoms with Crippen LogP contribution in [0, 0.1) is 5.41 Å². The van der Waals surface area contributed by atoms with Gasteiger partial charge in [0.15, 0.2) is 5.13 Å². The van der Waals surface area contributed by atoms with Crippen molar-refractivity contribution in [1.82, 2.24) is 4.98 Å². The molecule has 3 N–H and O–H groups in total. The van der Waals surface area contributed by atoms with E-state index in [1.54, 1.807) is 6.20 Å². The third-order valence-corrected chi connectivity index (χ3v) is 5.80. The lowest BCUT2D eigenvalue weighted by Crippen LogP contribution is -2.35. The van der Waals surface area contributed by atoms with Gasteiger partial charge in [0.2, 0.25) is 0 Å². The van der Waals surface area contributed by atoms with Crippen molar-refractivity contribution in [2.45, 2.75) is 57.0 Å². The van der Waals surface area contributed by atoms with Gasteiger partial charge in [0.25, 0.3) is 0 Å². The molecule has 1 aromatic rings. The van der Waals surface area contributed by atoms with Gasteiger partial charge in [0.05, 0.1) is 4.88 Å². The summed E-state index contributed by atoms with van der Waals surface area (Å²) in [7, 11) is 0. The van der Waals surface area contributed by atoms with E-state index in [9.17, 15) is 5.11 Å². The zero-order chi connectivity index (χ0) is 11.9. The van der Waals surface area contributed by atoms with Crippen molar-refractivity contribution in [3.8, 4) is 0 Å². The molecule has 2 fully saturated rings. The van der Waals surface area contributed by atoms with Gasteiger partial charge in [-0.1, -0.05) is 24.2 Å².